The zero-order chi connectivity index (χ0) is 12.1. The molecule has 0 atom stereocenters. The normalized spacial score (nSPS) is 10.0. The second-order valence-electron chi connectivity index (χ2n) is 3.73. The maximum atomic E-state index is 11.8. The number of benzene rings is 1. The summed E-state index contributed by atoms with van der Waals surface area (Å²) < 4.78 is 5.18. The maximum Gasteiger partial charge on any atom is 0.180 e. The Morgan fingerprint density at radius 3 is 2.62 bits per heavy atom. The molecule has 1 aromatic rings. The molecule has 1 N–H and O–H groups in total. The molecule has 0 aromatic heterocycles. The lowest BCUT2D eigenvalue weighted by Crippen LogP contribution is -2.19. The Bertz CT molecular complexity index is 375. The van der Waals surface area contributed by atoms with Crippen molar-refractivity contribution in [3.8, 4) is 5.75 Å². The van der Waals surface area contributed by atoms with Crippen LogP contribution in [0.3, 0.4) is 0 Å². The van der Waals surface area contributed by atoms with Gasteiger partial charge in [-0.1, -0.05) is 0 Å². The summed E-state index contributed by atoms with van der Waals surface area (Å²) in [6.45, 7) is 0.313. The van der Waals surface area contributed by atoms with Gasteiger partial charge in [-0.3, -0.25) is 4.79 Å². The molecular formula is C12H18N2O2. The number of rotatable bonds is 5. The van der Waals surface area contributed by atoms with E-state index in [-0.39, 0.29) is 5.78 Å². The first-order valence-corrected chi connectivity index (χ1v) is 5.13. The number of nitrogens with one attached hydrogen (secondary N) is 1. The summed E-state index contributed by atoms with van der Waals surface area (Å²) in [4.78, 5) is 13.8. The van der Waals surface area contributed by atoms with Gasteiger partial charge >= 0.3 is 0 Å². The van der Waals surface area contributed by atoms with Gasteiger partial charge in [-0.2, -0.15) is 0 Å². The van der Waals surface area contributed by atoms with E-state index in [9.17, 15) is 4.79 Å². The highest BCUT2D eigenvalue weighted by Crippen LogP contribution is 2.24. The largest absolute Gasteiger partial charge is 0.496 e. The molecule has 16 heavy (non-hydrogen) atoms. The number of hydrogen-bond acceptors (Lipinski definition) is 4. The number of carbonyl (C=O) groups is 1. The van der Waals surface area contributed by atoms with Gasteiger partial charge in [0.25, 0.3) is 0 Å². The summed E-state index contributed by atoms with van der Waals surface area (Å²) >= 11 is 0. The van der Waals surface area contributed by atoms with Crippen molar-refractivity contribution in [1.82, 2.24) is 5.32 Å². The number of methoxy groups -OCH3 is 1. The van der Waals surface area contributed by atoms with Gasteiger partial charge in [0.2, 0.25) is 0 Å². The predicted molar refractivity (Wildman–Crippen MR) is 65.6 cm³/mol. The predicted octanol–water partition coefficient (Wildman–Crippen LogP) is 1.16. The van der Waals surface area contributed by atoms with E-state index in [0.717, 1.165) is 5.69 Å². The fourth-order valence-corrected chi connectivity index (χ4v) is 1.45. The average Bonchev–Trinajstić information content (AvgIpc) is 2.28. The van der Waals surface area contributed by atoms with E-state index in [1.807, 2.05) is 37.2 Å². The molecule has 0 aliphatic heterocycles. The summed E-state index contributed by atoms with van der Waals surface area (Å²) in [7, 11) is 7.20. The summed E-state index contributed by atoms with van der Waals surface area (Å²) in [5, 5.41) is 2.85. The Balaban J connectivity index is 3.11. The first kappa shape index (κ1) is 12.5. The standard InChI is InChI=1S/C12H18N2O2/c1-13-8-11(15)10-7-9(14(2)3)5-6-12(10)16-4/h5-7,13H,8H2,1-4H3. The molecule has 4 nitrogen and oxygen atoms in total. The van der Waals surface area contributed by atoms with Crippen LogP contribution in [0.4, 0.5) is 5.69 Å². The zero-order valence-electron chi connectivity index (χ0n) is 10.2. The highest BCUT2D eigenvalue weighted by atomic mass is 16.5. The molecule has 4 heteroatoms. The van der Waals surface area contributed by atoms with Gasteiger partial charge in [-0.05, 0) is 25.2 Å². The molecule has 1 rings (SSSR count). The van der Waals surface area contributed by atoms with Gasteiger partial charge in [-0.25, -0.2) is 0 Å². The molecular weight excluding hydrogens is 204 g/mol. The first-order valence-electron chi connectivity index (χ1n) is 5.13. The van der Waals surface area contributed by atoms with Crippen LogP contribution in [0.2, 0.25) is 0 Å². The van der Waals surface area contributed by atoms with E-state index in [2.05, 4.69) is 5.32 Å². The third kappa shape index (κ3) is 2.73. The van der Waals surface area contributed by atoms with E-state index < -0.39 is 0 Å². The molecule has 0 radical (unpaired) electrons. The van der Waals surface area contributed by atoms with Crippen molar-refractivity contribution < 1.29 is 9.53 Å². The van der Waals surface area contributed by atoms with E-state index in [0.29, 0.717) is 17.9 Å². The van der Waals surface area contributed by atoms with E-state index >= 15 is 0 Å². The maximum absolute atomic E-state index is 11.8. The third-order valence-corrected chi connectivity index (χ3v) is 2.34. The van der Waals surface area contributed by atoms with Crippen molar-refractivity contribution >= 4 is 11.5 Å². The summed E-state index contributed by atoms with van der Waals surface area (Å²) in [5.74, 6) is 0.647. The lowest BCUT2D eigenvalue weighted by molar-refractivity contribution is 0.0990. The minimum Gasteiger partial charge on any atom is -0.496 e. The average molecular weight is 222 g/mol. The van der Waals surface area contributed by atoms with E-state index in [1.165, 1.54) is 0 Å². The number of Topliss-reactive ketones (excluding diaryl/α,β-unsaturated/α-hetero) is 1. The van der Waals surface area contributed by atoms with Crippen molar-refractivity contribution in [3.05, 3.63) is 23.8 Å². The minimum absolute atomic E-state index is 0.0306. The first-order chi connectivity index (χ1) is 7.60. The van der Waals surface area contributed by atoms with Crippen molar-refractivity contribution in [2.45, 2.75) is 0 Å². The zero-order valence-corrected chi connectivity index (χ0v) is 10.2. The van der Waals surface area contributed by atoms with Gasteiger partial charge in [0.05, 0.1) is 19.2 Å². The topological polar surface area (TPSA) is 41.6 Å². The smallest absolute Gasteiger partial charge is 0.180 e. The number of ether oxygens (including phenoxy) is 1. The minimum atomic E-state index is 0.0306. The van der Waals surface area contributed by atoms with Gasteiger partial charge < -0.3 is 15.0 Å². The molecule has 0 aliphatic carbocycles. The Morgan fingerprint density at radius 1 is 1.44 bits per heavy atom. The van der Waals surface area contributed by atoms with Gasteiger partial charge in [0.15, 0.2) is 5.78 Å². The van der Waals surface area contributed by atoms with Gasteiger partial charge in [0.1, 0.15) is 5.75 Å². The second-order valence-corrected chi connectivity index (χ2v) is 3.73. The molecule has 0 heterocycles. The highest BCUT2D eigenvalue weighted by Gasteiger charge is 2.12. The van der Waals surface area contributed by atoms with Crippen LogP contribution in [-0.4, -0.2) is 40.6 Å². The lowest BCUT2D eigenvalue weighted by Gasteiger charge is -2.15. The van der Waals surface area contributed by atoms with Gasteiger partial charge in [-0.15, -0.1) is 0 Å². The molecule has 0 saturated heterocycles. The highest BCUT2D eigenvalue weighted by molar-refractivity contribution is 6.01. The number of nitrogens with zero attached hydrogens (tertiary/aromatic N) is 1. The molecule has 0 bridgehead atoms. The van der Waals surface area contributed by atoms with Crippen molar-refractivity contribution in [2.75, 3.05) is 39.7 Å². The quantitative estimate of drug-likeness (QED) is 0.759. The number of carbonyl (C=O) groups excluding carboxylic acids is 1. The monoisotopic (exact) mass is 222 g/mol. The molecule has 0 fully saturated rings. The Labute approximate surface area is 96.2 Å². The fraction of sp³-hybridized carbons (Fsp3) is 0.417. The Kier molecular flexibility index (Phi) is 4.31. The van der Waals surface area contributed by atoms with Crippen molar-refractivity contribution in [2.24, 2.45) is 0 Å². The fourth-order valence-electron chi connectivity index (χ4n) is 1.45. The van der Waals surface area contributed by atoms with E-state index in [4.69, 9.17) is 4.74 Å². The Morgan fingerprint density at radius 2 is 2.12 bits per heavy atom. The van der Waals surface area contributed by atoms with Crippen molar-refractivity contribution in [1.29, 1.82) is 0 Å². The van der Waals surface area contributed by atoms with Gasteiger partial charge in [0, 0.05) is 19.8 Å². The van der Waals surface area contributed by atoms with Crippen LogP contribution in [0.1, 0.15) is 10.4 Å². The Hall–Kier alpha value is -1.55. The lowest BCUT2D eigenvalue weighted by atomic mass is 10.1. The summed E-state index contributed by atoms with van der Waals surface area (Å²) in [6.07, 6.45) is 0. The molecule has 0 amide bonds. The molecule has 0 spiro atoms. The van der Waals surface area contributed by atoms with Crippen LogP contribution in [0.5, 0.6) is 5.75 Å². The molecule has 0 unspecified atom stereocenters. The van der Waals surface area contributed by atoms with E-state index in [1.54, 1.807) is 14.2 Å². The summed E-state index contributed by atoms with van der Waals surface area (Å²) in [6, 6.07) is 5.59. The molecule has 1 aromatic carbocycles. The van der Waals surface area contributed by atoms with Crippen LogP contribution in [0, 0.1) is 0 Å². The number of ketones is 1. The van der Waals surface area contributed by atoms with Crippen LogP contribution >= 0.6 is 0 Å². The molecule has 88 valence electrons. The van der Waals surface area contributed by atoms with Crippen molar-refractivity contribution in [3.63, 3.8) is 0 Å². The van der Waals surface area contributed by atoms with Crippen LogP contribution < -0.4 is 15.0 Å². The molecule has 0 aliphatic rings. The van der Waals surface area contributed by atoms with Crippen LogP contribution in [0.25, 0.3) is 0 Å². The number of hydrogen-bond donors (Lipinski definition) is 1. The summed E-state index contributed by atoms with van der Waals surface area (Å²) in [5.41, 5.74) is 1.60. The molecule has 0 saturated carbocycles. The van der Waals surface area contributed by atoms with Crippen LogP contribution in [-0.2, 0) is 0 Å². The second kappa shape index (κ2) is 5.51. The SMILES string of the molecule is CNCC(=O)c1cc(N(C)C)ccc1OC. The third-order valence-electron chi connectivity index (χ3n) is 2.34. The number of anilines is 1. The number of likely N-dealkylation sites (N-methyl/N-ethyl adjacent to an activating group) is 1. The van der Waals surface area contributed by atoms with Crippen LogP contribution in [0.15, 0.2) is 18.2 Å².